The lowest BCUT2D eigenvalue weighted by Crippen LogP contribution is -2.26. The largest absolute Gasteiger partial charge is 0.372 e. The van der Waals surface area contributed by atoms with E-state index < -0.39 is 0 Å². The normalized spacial score (nSPS) is 16.2. The quantitative estimate of drug-likeness (QED) is 0.360. The van der Waals surface area contributed by atoms with Gasteiger partial charge in [0, 0.05) is 23.3 Å². The van der Waals surface area contributed by atoms with Gasteiger partial charge in [0.05, 0.1) is 18.1 Å². The Kier molecular flexibility index (Phi) is 4.77. The molecular formula is C26H24N4OS. The molecule has 6 rings (SSSR count). The lowest BCUT2D eigenvalue weighted by atomic mass is 9.96. The molecule has 2 aromatic carbocycles. The molecule has 4 heterocycles. The zero-order chi connectivity index (χ0) is 21.7. The van der Waals surface area contributed by atoms with Crippen LogP contribution in [0.1, 0.15) is 35.7 Å². The van der Waals surface area contributed by atoms with E-state index in [0.717, 1.165) is 39.5 Å². The van der Waals surface area contributed by atoms with Crippen molar-refractivity contribution < 1.29 is 4.74 Å². The molecule has 0 aliphatic carbocycles. The van der Waals surface area contributed by atoms with Crippen molar-refractivity contribution in [2.75, 3.05) is 0 Å². The average Bonchev–Trinajstić information content (AvgIpc) is 3.40. The third-order valence-corrected chi connectivity index (χ3v) is 7.36. The van der Waals surface area contributed by atoms with Gasteiger partial charge in [-0.25, -0.2) is 4.98 Å². The summed E-state index contributed by atoms with van der Waals surface area (Å²) in [5.74, 6) is 2.27. The molecule has 5 nitrogen and oxygen atoms in total. The van der Waals surface area contributed by atoms with E-state index in [1.807, 2.05) is 12.1 Å². The van der Waals surface area contributed by atoms with Crippen molar-refractivity contribution in [3.63, 3.8) is 0 Å². The molecule has 1 aliphatic heterocycles. The molecule has 0 bridgehead atoms. The molecule has 6 heteroatoms. The van der Waals surface area contributed by atoms with E-state index in [1.165, 1.54) is 16.0 Å². The maximum absolute atomic E-state index is 6.15. The highest BCUT2D eigenvalue weighted by atomic mass is 32.1. The van der Waals surface area contributed by atoms with Crippen molar-refractivity contribution in [3.05, 3.63) is 82.5 Å². The molecule has 0 saturated carbocycles. The van der Waals surface area contributed by atoms with Crippen LogP contribution in [0.25, 0.3) is 27.3 Å². The van der Waals surface area contributed by atoms with E-state index in [-0.39, 0.29) is 6.10 Å². The first kappa shape index (κ1) is 19.6. The molecule has 5 aromatic rings. The van der Waals surface area contributed by atoms with Crippen LogP contribution in [0.3, 0.4) is 0 Å². The van der Waals surface area contributed by atoms with E-state index >= 15 is 0 Å². The molecule has 1 aliphatic rings. The van der Waals surface area contributed by atoms with Crippen molar-refractivity contribution in [2.45, 2.75) is 39.4 Å². The Morgan fingerprint density at radius 1 is 1.03 bits per heavy atom. The third-order valence-electron chi connectivity index (χ3n) is 6.26. The highest BCUT2D eigenvalue weighted by Crippen LogP contribution is 2.39. The van der Waals surface area contributed by atoms with Gasteiger partial charge >= 0.3 is 0 Å². The Hall–Kier alpha value is -3.09. The van der Waals surface area contributed by atoms with Crippen LogP contribution in [-0.4, -0.2) is 25.7 Å². The van der Waals surface area contributed by atoms with Gasteiger partial charge in [-0.2, -0.15) is 0 Å². The first-order valence-electron chi connectivity index (χ1n) is 11.1. The van der Waals surface area contributed by atoms with Gasteiger partial charge in [-0.15, -0.1) is 21.5 Å². The zero-order valence-corrected chi connectivity index (χ0v) is 19.0. The van der Waals surface area contributed by atoms with Crippen LogP contribution in [0.15, 0.2) is 60.7 Å². The fourth-order valence-corrected chi connectivity index (χ4v) is 5.65. The summed E-state index contributed by atoms with van der Waals surface area (Å²) in [6, 6.07) is 20.8. The van der Waals surface area contributed by atoms with Crippen LogP contribution in [0, 0.1) is 5.92 Å². The maximum Gasteiger partial charge on any atom is 0.173 e. The Labute approximate surface area is 190 Å². The van der Waals surface area contributed by atoms with Crippen molar-refractivity contribution in [1.82, 2.24) is 19.6 Å². The summed E-state index contributed by atoms with van der Waals surface area (Å²) in [7, 11) is 0. The molecule has 0 radical (unpaired) electrons. The first-order valence-corrected chi connectivity index (χ1v) is 11.9. The second-order valence-electron chi connectivity index (χ2n) is 8.72. The molecule has 3 aromatic heterocycles. The molecule has 0 saturated heterocycles. The van der Waals surface area contributed by atoms with Gasteiger partial charge in [-0.05, 0) is 17.0 Å². The number of benzene rings is 2. The Bertz CT molecular complexity index is 1410. The number of thiophene rings is 1. The predicted octanol–water partition coefficient (Wildman–Crippen LogP) is 5.69. The van der Waals surface area contributed by atoms with Crippen LogP contribution in [0.2, 0.25) is 0 Å². The van der Waals surface area contributed by atoms with Crippen LogP contribution in [0.5, 0.6) is 0 Å². The second-order valence-corrected chi connectivity index (χ2v) is 9.80. The fraction of sp³-hybridized carbons (Fsp3) is 0.269. The number of hydrogen-bond acceptors (Lipinski definition) is 5. The number of nitrogens with zero attached hydrogens (tertiary/aromatic N) is 4. The summed E-state index contributed by atoms with van der Waals surface area (Å²) in [6.45, 7) is 5.10. The standard InChI is InChI=1S/C26H24N4OS/c1-16(2)20-14-19-21(15-31-20)32-26-23(19)25-29-28-22(13-17-9-5-3-6-10-17)30(25)24(27-26)18-11-7-4-8-12-18/h3-12,16,20H,13-15H2,1-2H3/t20-/m0/s1. The third kappa shape index (κ3) is 3.22. The molecule has 160 valence electrons. The highest BCUT2D eigenvalue weighted by Gasteiger charge is 2.29. The van der Waals surface area contributed by atoms with E-state index in [1.54, 1.807) is 11.3 Å². The molecule has 32 heavy (non-hydrogen) atoms. The van der Waals surface area contributed by atoms with Crippen LogP contribution in [-0.2, 0) is 24.2 Å². The minimum atomic E-state index is 0.223. The van der Waals surface area contributed by atoms with E-state index in [4.69, 9.17) is 14.8 Å². The SMILES string of the molecule is CC(C)[C@@H]1Cc2c(sc3nc(-c4ccccc4)n4c(Cc5ccccc5)nnc4c23)CO1. The zero-order valence-electron chi connectivity index (χ0n) is 18.2. The molecule has 0 spiro atoms. The summed E-state index contributed by atoms with van der Waals surface area (Å²) >= 11 is 1.73. The molecular weight excluding hydrogens is 416 g/mol. The first-order chi connectivity index (χ1) is 15.7. The summed E-state index contributed by atoms with van der Waals surface area (Å²) in [5.41, 5.74) is 4.52. The Morgan fingerprint density at radius 3 is 2.53 bits per heavy atom. The second kappa shape index (κ2) is 7.80. The monoisotopic (exact) mass is 440 g/mol. The number of fused-ring (bicyclic) bond motifs is 5. The lowest BCUT2D eigenvalue weighted by Gasteiger charge is -2.26. The van der Waals surface area contributed by atoms with Gasteiger partial charge in [-0.3, -0.25) is 4.40 Å². The fourth-order valence-electron chi connectivity index (χ4n) is 4.53. The summed E-state index contributed by atoms with van der Waals surface area (Å²) in [4.78, 5) is 7.46. The maximum atomic E-state index is 6.15. The summed E-state index contributed by atoms with van der Waals surface area (Å²) in [5, 5.41) is 10.5. The van der Waals surface area contributed by atoms with Crippen molar-refractivity contribution in [3.8, 4) is 11.4 Å². The average molecular weight is 441 g/mol. The van der Waals surface area contributed by atoms with Gasteiger partial charge in [0.2, 0.25) is 0 Å². The smallest absolute Gasteiger partial charge is 0.173 e. The van der Waals surface area contributed by atoms with Gasteiger partial charge < -0.3 is 4.74 Å². The van der Waals surface area contributed by atoms with E-state index in [2.05, 4.69) is 71.9 Å². The Balaban J connectivity index is 1.61. The van der Waals surface area contributed by atoms with Crippen LogP contribution in [0.4, 0.5) is 0 Å². The molecule has 0 unspecified atom stereocenters. The lowest BCUT2D eigenvalue weighted by molar-refractivity contribution is 0.00203. The van der Waals surface area contributed by atoms with Crippen LogP contribution >= 0.6 is 11.3 Å². The van der Waals surface area contributed by atoms with Gasteiger partial charge in [0.15, 0.2) is 5.65 Å². The van der Waals surface area contributed by atoms with Gasteiger partial charge in [-0.1, -0.05) is 74.5 Å². The summed E-state index contributed by atoms with van der Waals surface area (Å²) in [6.07, 6.45) is 1.83. The molecule has 0 amide bonds. The molecule has 0 N–H and O–H groups in total. The number of ether oxygens (including phenoxy) is 1. The predicted molar refractivity (Wildman–Crippen MR) is 128 cm³/mol. The minimum Gasteiger partial charge on any atom is -0.372 e. The number of hydrogen-bond donors (Lipinski definition) is 0. The van der Waals surface area contributed by atoms with Crippen molar-refractivity contribution in [1.29, 1.82) is 0 Å². The van der Waals surface area contributed by atoms with Crippen molar-refractivity contribution >= 4 is 27.2 Å². The Morgan fingerprint density at radius 2 is 1.78 bits per heavy atom. The van der Waals surface area contributed by atoms with E-state index in [9.17, 15) is 0 Å². The van der Waals surface area contributed by atoms with E-state index in [0.29, 0.717) is 18.9 Å². The number of aromatic nitrogens is 4. The molecule has 1 atom stereocenters. The van der Waals surface area contributed by atoms with Crippen LogP contribution < -0.4 is 0 Å². The van der Waals surface area contributed by atoms with Gasteiger partial charge in [0.25, 0.3) is 0 Å². The topological polar surface area (TPSA) is 52.3 Å². The summed E-state index contributed by atoms with van der Waals surface area (Å²) < 4.78 is 8.31. The van der Waals surface area contributed by atoms with Crippen molar-refractivity contribution in [2.24, 2.45) is 5.92 Å². The minimum absolute atomic E-state index is 0.223. The highest BCUT2D eigenvalue weighted by molar-refractivity contribution is 7.19. The number of rotatable bonds is 4. The molecule has 0 fully saturated rings. The van der Waals surface area contributed by atoms with Gasteiger partial charge in [0.1, 0.15) is 16.5 Å².